The summed E-state index contributed by atoms with van der Waals surface area (Å²) in [6.45, 7) is 2.02. The minimum atomic E-state index is -0.179. The number of nitrogens with zero attached hydrogens (tertiary/aromatic N) is 1. The SMILES string of the molecule is Cc1ccc(C2=NC(=Cc3ccccc3Br)C(=O)N2)cc1. The maximum atomic E-state index is 12.0. The van der Waals surface area contributed by atoms with Crippen molar-refractivity contribution in [2.75, 3.05) is 0 Å². The number of nitrogens with one attached hydrogen (secondary N) is 1. The summed E-state index contributed by atoms with van der Waals surface area (Å²) in [6.07, 6.45) is 1.78. The highest BCUT2D eigenvalue weighted by atomic mass is 79.9. The van der Waals surface area contributed by atoms with Crippen molar-refractivity contribution in [3.63, 3.8) is 0 Å². The third-order valence-electron chi connectivity index (χ3n) is 3.22. The molecule has 1 aliphatic heterocycles. The van der Waals surface area contributed by atoms with Crippen molar-refractivity contribution in [3.8, 4) is 0 Å². The standard InChI is InChI=1S/C17H13BrN2O/c1-11-6-8-12(9-7-11)16-19-15(17(21)20-16)10-13-4-2-3-5-14(13)18/h2-10H,1H3,(H,19,20,21). The number of rotatable bonds is 2. The number of hydrogen-bond acceptors (Lipinski definition) is 2. The van der Waals surface area contributed by atoms with Crippen LogP contribution in [0.25, 0.3) is 6.08 Å². The van der Waals surface area contributed by atoms with Crippen molar-refractivity contribution >= 4 is 33.7 Å². The summed E-state index contributed by atoms with van der Waals surface area (Å²) in [5.41, 5.74) is 3.42. The van der Waals surface area contributed by atoms with Crippen LogP contribution in [-0.4, -0.2) is 11.7 Å². The topological polar surface area (TPSA) is 41.5 Å². The van der Waals surface area contributed by atoms with Crippen molar-refractivity contribution in [2.45, 2.75) is 6.92 Å². The predicted octanol–water partition coefficient (Wildman–Crippen LogP) is 3.68. The van der Waals surface area contributed by atoms with E-state index in [2.05, 4.69) is 26.2 Å². The third kappa shape index (κ3) is 2.95. The van der Waals surface area contributed by atoms with Crippen molar-refractivity contribution < 1.29 is 4.79 Å². The molecule has 1 N–H and O–H groups in total. The summed E-state index contributed by atoms with van der Waals surface area (Å²) in [7, 11) is 0. The molecular formula is C17H13BrN2O. The molecule has 1 heterocycles. The average molecular weight is 341 g/mol. The van der Waals surface area contributed by atoms with Gasteiger partial charge in [-0.25, -0.2) is 4.99 Å². The zero-order valence-corrected chi connectivity index (χ0v) is 13.0. The molecule has 21 heavy (non-hydrogen) atoms. The molecule has 0 atom stereocenters. The number of hydrogen-bond donors (Lipinski definition) is 1. The van der Waals surface area contributed by atoms with E-state index in [-0.39, 0.29) is 5.91 Å². The van der Waals surface area contributed by atoms with Gasteiger partial charge in [0.1, 0.15) is 11.5 Å². The second kappa shape index (κ2) is 5.66. The molecule has 3 nitrogen and oxygen atoms in total. The van der Waals surface area contributed by atoms with E-state index in [1.807, 2.05) is 55.5 Å². The highest BCUT2D eigenvalue weighted by molar-refractivity contribution is 9.10. The number of carbonyl (C=O) groups is 1. The number of aliphatic imine (C=N–C) groups is 1. The maximum absolute atomic E-state index is 12.0. The van der Waals surface area contributed by atoms with Gasteiger partial charge in [-0.15, -0.1) is 0 Å². The van der Waals surface area contributed by atoms with E-state index in [4.69, 9.17) is 0 Å². The lowest BCUT2D eigenvalue weighted by molar-refractivity contribution is -0.115. The zero-order chi connectivity index (χ0) is 14.8. The van der Waals surface area contributed by atoms with Crippen LogP contribution >= 0.6 is 15.9 Å². The largest absolute Gasteiger partial charge is 0.305 e. The molecule has 0 unspecified atom stereocenters. The lowest BCUT2D eigenvalue weighted by Crippen LogP contribution is -2.24. The van der Waals surface area contributed by atoms with Gasteiger partial charge in [0.25, 0.3) is 5.91 Å². The van der Waals surface area contributed by atoms with Gasteiger partial charge in [0.05, 0.1) is 0 Å². The van der Waals surface area contributed by atoms with Crippen molar-refractivity contribution in [2.24, 2.45) is 4.99 Å². The molecule has 4 heteroatoms. The molecule has 0 bridgehead atoms. The van der Waals surface area contributed by atoms with Gasteiger partial charge < -0.3 is 5.32 Å². The molecule has 0 aliphatic carbocycles. The van der Waals surface area contributed by atoms with Crippen molar-refractivity contribution in [1.29, 1.82) is 0 Å². The Bertz CT molecular complexity index is 761. The second-order valence-corrected chi connectivity index (χ2v) is 5.69. The Morgan fingerprint density at radius 2 is 1.81 bits per heavy atom. The summed E-state index contributed by atoms with van der Waals surface area (Å²) < 4.78 is 0.935. The van der Waals surface area contributed by atoms with E-state index in [1.165, 1.54) is 5.56 Å². The first kappa shape index (κ1) is 13.8. The normalized spacial score (nSPS) is 16.0. The minimum Gasteiger partial charge on any atom is -0.305 e. The van der Waals surface area contributed by atoms with E-state index < -0.39 is 0 Å². The first-order chi connectivity index (χ1) is 10.1. The zero-order valence-electron chi connectivity index (χ0n) is 11.4. The molecule has 0 aromatic heterocycles. The number of amides is 1. The second-order valence-electron chi connectivity index (χ2n) is 4.83. The number of amidine groups is 1. The van der Waals surface area contributed by atoms with Gasteiger partial charge in [-0.1, -0.05) is 64.0 Å². The molecule has 0 spiro atoms. The highest BCUT2D eigenvalue weighted by Gasteiger charge is 2.21. The third-order valence-corrected chi connectivity index (χ3v) is 3.94. The molecular weight excluding hydrogens is 328 g/mol. The fourth-order valence-corrected chi connectivity index (χ4v) is 2.46. The van der Waals surface area contributed by atoms with Crippen LogP contribution in [0.3, 0.4) is 0 Å². The van der Waals surface area contributed by atoms with Gasteiger partial charge >= 0.3 is 0 Å². The van der Waals surface area contributed by atoms with Crippen LogP contribution in [0, 0.1) is 6.92 Å². The fraction of sp³-hybridized carbons (Fsp3) is 0.0588. The molecule has 3 rings (SSSR count). The summed E-state index contributed by atoms with van der Waals surface area (Å²) in [6, 6.07) is 15.6. The molecule has 2 aromatic carbocycles. The molecule has 2 aromatic rings. The Morgan fingerprint density at radius 3 is 2.52 bits per heavy atom. The summed E-state index contributed by atoms with van der Waals surface area (Å²) in [5, 5.41) is 2.81. The Hall–Kier alpha value is -2.20. The van der Waals surface area contributed by atoms with Crippen LogP contribution in [-0.2, 0) is 4.79 Å². The van der Waals surface area contributed by atoms with E-state index in [0.29, 0.717) is 11.5 Å². The molecule has 1 amide bonds. The van der Waals surface area contributed by atoms with E-state index >= 15 is 0 Å². The van der Waals surface area contributed by atoms with Crippen molar-refractivity contribution in [3.05, 3.63) is 75.4 Å². The Morgan fingerprint density at radius 1 is 1.10 bits per heavy atom. The lowest BCUT2D eigenvalue weighted by Gasteiger charge is -2.00. The highest BCUT2D eigenvalue weighted by Crippen LogP contribution is 2.21. The van der Waals surface area contributed by atoms with Crippen LogP contribution in [0.2, 0.25) is 0 Å². The van der Waals surface area contributed by atoms with Gasteiger partial charge in [0.2, 0.25) is 0 Å². The van der Waals surface area contributed by atoms with E-state index in [9.17, 15) is 4.79 Å². The Labute approximate surface area is 131 Å². The quantitative estimate of drug-likeness (QED) is 0.832. The molecule has 0 saturated carbocycles. The van der Waals surface area contributed by atoms with E-state index in [1.54, 1.807) is 6.08 Å². The van der Waals surface area contributed by atoms with Crippen LogP contribution < -0.4 is 5.32 Å². The number of benzene rings is 2. The monoisotopic (exact) mass is 340 g/mol. The molecule has 0 radical (unpaired) electrons. The number of carbonyl (C=O) groups excluding carboxylic acids is 1. The van der Waals surface area contributed by atoms with Crippen LogP contribution in [0.1, 0.15) is 16.7 Å². The minimum absolute atomic E-state index is 0.179. The summed E-state index contributed by atoms with van der Waals surface area (Å²) in [5.74, 6) is 0.416. The van der Waals surface area contributed by atoms with Gasteiger partial charge in [-0.3, -0.25) is 4.79 Å². The van der Waals surface area contributed by atoms with Gasteiger partial charge in [0.15, 0.2) is 0 Å². The smallest absolute Gasteiger partial charge is 0.275 e. The first-order valence-corrected chi connectivity index (χ1v) is 7.36. The number of halogens is 1. The lowest BCUT2D eigenvalue weighted by atomic mass is 10.1. The Kier molecular flexibility index (Phi) is 3.71. The first-order valence-electron chi connectivity index (χ1n) is 6.57. The Balaban J connectivity index is 1.96. The van der Waals surface area contributed by atoms with Crippen LogP contribution in [0.4, 0.5) is 0 Å². The maximum Gasteiger partial charge on any atom is 0.275 e. The summed E-state index contributed by atoms with van der Waals surface area (Å²) in [4.78, 5) is 16.4. The van der Waals surface area contributed by atoms with Gasteiger partial charge in [-0.2, -0.15) is 0 Å². The predicted molar refractivity (Wildman–Crippen MR) is 88.0 cm³/mol. The van der Waals surface area contributed by atoms with Gasteiger partial charge in [-0.05, 0) is 24.6 Å². The molecule has 0 saturated heterocycles. The number of aryl methyl sites for hydroxylation is 1. The summed E-state index contributed by atoms with van der Waals surface area (Å²) >= 11 is 3.47. The molecule has 104 valence electrons. The van der Waals surface area contributed by atoms with Crippen molar-refractivity contribution in [1.82, 2.24) is 5.32 Å². The van der Waals surface area contributed by atoms with Crippen LogP contribution in [0.5, 0.6) is 0 Å². The molecule has 1 aliphatic rings. The fourth-order valence-electron chi connectivity index (χ4n) is 2.06. The molecule has 0 fully saturated rings. The van der Waals surface area contributed by atoms with Gasteiger partial charge in [0, 0.05) is 10.0 Å². The average Bonchev–Trinajstić information content (AvgIpc) is 2.83. The van der Waals surface area contributed by atoms with Crippen LogP contribution in [0.15, 0.2) is 63.7 Å². The van der Waals surface area contributed by atoms with E-state index in [0.717, 1.165) is 15.6 Å².